The van der Waals surface area contributed by atoms with Gasteiger partial charge in [0.1, 0.15) is 0 Å². The molecule has 3 nitrogen and oxygen atoms in total. The number of nitrogens with one attached hydrogen (secondary N) is 1. The van der Waals surface area contributed by atoms with Crippen molar-refractivity contribution in [3.05, 3.63) is 35.9 Å². The summed E-state index contributed by atoms with van der Waals surface area (Å²) in [7, 11) is 0. The summed E-state index contributed by atoms with van der Waals surface area (Å²) in [5, 5.41) is 12.9. The monoisotopic (exact) mass is 260 g/mol. The summed E-state index contributed by atoms with van der Waals surface area (Å²) < 4.78 is 0. The number of benzene rings is 1. The van der Waals surface area contributed by atoms with Gasteiger partial charge in [-0.15, -0.1) is 0 Å². The van der Waals surface area contributed by atoms with E-state index in [1.165, 1.54) is 18.5 Å². The average molecular weight is 260 g/mol. The van der Waals surface area contributed by atoms with E-state index in [-0.39, 0.29) is 6.10 Å². The molecule has 1 saturated heterocycles. The minimum atomic E-state index is -0.0232. The minimum absolute atomic E-state index is 0.0232. The molecule has 3 heteroatoms. The smallest absolute Gasteiger partial charge is 0.0546 e. The van der Waals surface area contributed by atoms with Crippen molar-refractivity contribution in [2.45, 2.75) is 38.0 Å². The number of aliphatic hydroxyl groups excluding tert-OH is 1. The summed E-state index contributed by atoms with van der Waals surface area (Å²) >= 11 is 0. The maximum absolute atomic E-state index is 9.28. The Balaban J connectivity index is 1.38. The van der Waals surface area contributed by atoms with Gasteiger partial charge in [0.15, 0.2) is 0 Å². The lowest BCUT2D eigenvalue weighted by atomic mass is 9.82. The third kappa shape index (κ3) is 3.56. The van der Waals surface area contributed by atoms with Crippen LogP contribution in [0.4, 0.5) is 0 Å². The zero-order chi connectivity index (χ0) is 13.1. The van der Waals surface area contributed by atoms with Crippen LogP contribution in [0, 0.1) is 5.92 Å². The molecular formula is C16H24N2O. The van der Waals surface area contributed by atoms with Crippen molar-refractivity contribution in [3.63, 3.8) is 0 Å². The highest BCUT2D eigenvalue weighted by molar-refractivity contribution is 5.14. The second-order valence-corrected chi connectivity index (χ2v) is 6.11. The van der Waals surface area contributed by atoms with E-state index >= 15 is 0 Å². The first-order chi connectivity index (χ1) is 9.29. The Kier molecular flexibility index (Phi) is 4.16. The molecule has 2 aliphatic rings. The molecule has 1 unspecified atom stereocenters. The maximum atomic E-state index is 9.28. The standard InChI is InChI=1S/C16H24N2O/c19-16-8-14(9-16)10-17-15-6-7-18(12-15)11-13-4-2-1-3-5-13/h1-5,14-17,19H,6-12H2. The number of nitrogens with zero attached hydrogens (tertiary/aromatic N) is 1. The second kappa shape index (κ2) is 6.04. The van der Waals surface area contributed by atoms with Crippen LogP contribution in [-0.4, -0.2) is 41.8 Å². The van der Waals surface area contributed by atoms with Crippen molar-refractivity contribution in [1.82, 2.24) is 10.2 Å². The van der Waals surface area contributed by atoms with Crippen LogP contribution in [-0.2, 0) is 6.54 Å². The fourth-order valence-electron chi connectivity index (χ4n) is 3.19. The van der Waals surface area contributed by atoms with Crippen molar-refractivity contribution in [2.24, 2.45) is 5.92 Å². The predicted molar refractivity (Wildman–Crippen MR) is 76.9 cm³/mol. The number of rotatable bonds is 5. The molecule has 1 aliphatic heterocycles. The average Bonchev–Trinajstić information content (AvgIpc) is 2.82. The van der Waals surface area contributed by atoms with Gasteiger partial charge in [0.05, 0.1) is 6.10 Å². The topological polar surface area (TPSA) is 35.5 Å². The van der Waals surface area contributed by atoms with Crippen molar-refractivity contribution in [3.8, 4) is 0 Å². The normalized spacial score (nSPS) is 31.3. The molecule has 19 heavy (non-hydrogen) atoms. The van der Waals surface area contributed by atoms with E-state index in [0.29, 0.717) is 12.0 Å². The van der Waals surface area contributed by atoms with Crippen LogP contribution < -0.4 is 5.32 Å². The van der Waals surface area contributed by atoms with Gasteiger partial charge < -0.3 is 10.4 Å². The molecule has 2 N–H and O–H groups in total. The summed E-state index contributed by atoms with van der Waals surface area (Å²) in [5.41, 5.74) is 1.41. The molecule has 1 saturated carbocycles. The van der Waals surface area contributed by atoms with Gasteiger partial charge in [0.25, 0.3) is 0 Å². The molecule has 0 amide bonds. The van der Waals surface area contributed by atoms with Gasteiger partial charge in [0, 0.05) is 25.7 Å². The highest BCUT2D eigenvalue weighted by Gasteiger charge is 2.28. The highest BCUT2D eigenvalue weighted by atomic mass is 16.3. The predicted octanol–water partition coefficient (Wildman–Crippen LogP) is 1.62. The zero-order valence-electron chi connectivity index (χ0n) is 11.5. The minimum Gasteiger partial charge on any atom is -0.393 e. The molecule has 2 fully saturated rings. The molecule has 1 atom stereocenters. The van der Waals surface area contributed by atoms with E-state index < -0.39 is 0 Å². The molecule has 3 rings (SSSR count). The fraction of sp³-hybridized carbons (Fsp3) is 0.625. The quantitative estimate of drug-likeness (QED) is 0.844. The van der Waals surface area contributed by atoms with E-state index in [1.807, 2.05) is 0 Å². The van der Waals surface area contributed by atoms with Gasteiger partial charge in [-0.3, -0.25) is 4.90 Å². The van der Waals surface area contributed by atoms with Crippen LogP contribution in [0.3, 0.4) is 0 Å². The molecule has 1 aromatic rings. The number of likely N-dealkylation sites (tertiary alicyclic amines) is 1. The van der Waals surface area contributed by atoms with Gasteiger partial charge in [-0.05, 0) is 37.3 Å². The summed E-state index contributed by atoms with van der Waals surface area (Å²) in [6, 6.07) is 11.4. The largest absolute Gasteiger partial charge is 0.393 e. The molecule has 0 spiro atoms. The van der Waals surface area contributed by atoms with Crippen LogP contribution in [0.15, 0.2) is 30.3 Å². The van der Waals surface area contributed by atoms with Crippen molar-refractivity contribution < 1.29 is 5.11 Å². The third-order valence-corrected chi connectivity index (χ3v) is 4.43. The van der Waals surface area contributed by atoms with Crippen LogP contribution in [0.1, 0.15) is 24.8 Å². The van der Waals surface area contributed by atoms with Crippen molar-refractivity contribution in [1.29, 1.82) is 0 Å². The van der Waals surface area contributed by atoms with Gasteiger partial charge in [0.2, 0.25) is 0 Å². The number of hydrogen-bond donors (Lipinski definition) is 2. The van der Waals surface area contributed by atoms with Crippen molar-refractivity contribution in [2.75, 3.05) is 19.6 Å². The van der Waals surface area contributed by atoms with Gasteiger partial charge in [-0.25, -0.2) is 0 Å². The Morgan fingerprint density at radius 3 is 2.74 bits per heavy atom. The Morgan fingerprint density at radius 1 is 1.21 bits per heavy atom. The first kappa shape index (κ1) is 13.1. The van der Waals surface area contributed by atoms with Crippen LogP contribution >= 0.6 is 0 Å². The van der Waals surface area contributed by atoms with Gasteiger partial charge in [-0.2, -0.15) is 0 Å². The molecule has 0 radical (unpaired) electrons. The third-order valence-electron chi connectivity index (χ3n) is 4.43. The highest BCUT2D eigenvalue weighted by Crippen LogP contribution is 2.26. The summed E-state index contributed by atoms with van der Waals surface area (Å²) in [6.45, 7) is 4.51. The Morgan fingerprint density at radius 2 is 2.00 bits per heavy atom. The summed E-state index contributed by atoms with van der Waals surface area (Å²) in [5.74, 6) is 0.707. The Bertz CT molecular complexity index is 389. The summed E-state index contributed by atoms with van der Waals surface area (Å²) in [6.07, 6.45) is 3.22. The first-order valence-electron chi connectivity index (χ1n) is 7.47. The van der Waals surface area contributed by atoms with E-state index in [4.69, 9.17) is 0 Å². The lowest BCUT2D eigenvalue weighted by Gasteiger charge is -2.32. The molecular weight excluding hydrogens is 236 g/mol. The molecule has 0 aromatic heterocycles. The van der Waals surface area contributed by atoms with Crippen molar-refractivity contribution >= 4 is 0 Å². The molecule has 0 bridgehead atoms. The molecule has 1 aliphatic carbocycles. The molecule has 1 aromatic carbocycles. The Hall–Kier alpha value is -0.900. The van der Waals surface area contributed by atoms with E-state index in [9.17, 15) is 5.11 Å². The number of aliphatic hydroxyl groups is 1. The number of hydrogen-bond acceptors (Lipinski definition) is 3. The lowest BCUT2D eigenvalue weighted by Crippen LogP contribution is -2.41. The summed E-state index contributed by atoms with van der Waals surface area (Å²) in [4.78, 5) is 2.53. The van der Waals surface area contributed by atoms with Crippen LogP contribution in [0.2, 0.25) is 0 Å². The lowest BCUT2D eigenvalue weighted by molar-refractivity contribution is 0.0419. The zero-order valence-corrected chi connectivity index (χ0v) is 11.5. The van der Waals surface area contributed by atoms with Gasteiger partial charge in [-0.1, -0.05) is 30.3 Å². The van der Waals surface area contributed by atoms with Crippen LogP contribution in [0.5, 0.6) is 0 Å². The maximum Gasteiger partial charge on any atom is 0.0546 e. The molecule has 1 heterocycles. The first-order valence-corrected chi connectivity index (χ1v) is 7.47. The van der Waals surface area contributed by atoms with E-state index in [2.05, 4.69) is 40.5 Å². The van der Waals surface area contributed by atoms with Crippen LogP contribution in [0.25, 0.3) is 0 Å². The molecule has 104 valence electrons. The van der Waals surface area contributed by atoms with E-state index in [0.717, 1.165) is 32.5 Å². The van der Waals surface area contributed by atoms with Gasteiger partial charge >= 0.3 is 0 Å². The Labute approximate surface area is 115 Å². The SMILES string of the molecule is OC1CC(CNC2CCN(Cc3ccccc3)C2)C1. The second-order valence-electron chi connectivity index (χ2n) is 6.11. The fourth-order valence-corrected chi connectivity index (χ4v) is 3.19. The van der Waals surface area contributed by atoms with E-state index in [1.54, 1.807) is 0 Å².